The van der Waals surface area contributed by atoms with Crippen LogP contribution in [0, 0.1) is 5.95 Å². The Hall–Kier alpha value is -2.23. The van der Waals surface area contributed by atoms with Crippen LogP contribution in [-0.2, 0) is 12.8 Å². The van der Waals surface area contributed by atoms with E-state index >= 15 is 0 Å². The molecule has 1 aromatic heterocycles. The first-order chi connectivity index (χ1) is 9.65. The number of carbonyl (C=O) groups is 1. The van der Waals surface area contributed by atoms with Gasteiger partial charge in [0.1, 0.15) is 5.69 Å². The number of rotatable bonds is 4. The third-order valence-corrected chi connectivity index (χ3v) is 3.19. The summed E-state index contributed by atoms with van der Waals surface area (Å²) in [6.07, 6.45) is 1.64. The predicted molar refractivity (Wildman–Crippen MR) is 77.3 cm³/mol. The van der Waals surface area contributed by atoms with E-state index in [2.05, 4.69) is 10.3 Å². The number of nitrogens with one attached hydrogen (secondary N) is 1. The van der Waals surface area contributed by atoms with E-state index in [0.29, 0.717) is 0 Å². The normalized spacial score (nSPS) is 10.3. The minimum Gasteiger partial charge on any atom is -0.320 e. The number of hydrogen-bond donors (Lipinski definition) is 1. The SMILES string of the molecule is CCc1cccc(CC)c1NC(=O)c1cccc(F)n1. The minimum absolute atomic E-state index is 0.0814. The van der Waals surface area contributed by atoms with E-state index in [1.807, 2.05) is 32.0 Å². The van der Waals surface area contributed by atoms with Crippen LogP contribution in [0.2, 0.25) is 0 Å². The van der Waals surface area contributed by atoms with Gasteiger partial charge in [0.15, 0.2) is 0 Å². The molecule has 1 aromatic carbocycles. The number of anilines is 1. The molecule has 0 bridgehead atoms. The van der Waals surface area contributed by atoms with Gasteiger partial charge in [-0.2, -0.15) is 4.39 Å². The van der Waals surface area contributed by atoms with E-state index < -0.39 is 5.95 Å². The molecule has 0 atom stereocenters. The van der Waals surface area contributed by atoms with E-state index in [9.17, 15) is 9.18 Å². The van der Waals surface area contributed by atoms with Gasteiger partial charge in [-0.3, -0.25) is 4.79 Å². The van der Waals surface area contributed by atoms with Gasteiger partial charge in [0.2, 0.25) is 5.95 Å². The third-order valence-electron chi connectivity index (χ3n) is 3.19. The van der Waals surface area contributed by atoms with Crippen molar-refractivity contribution < 1.29 is 9.18 Å². The topological polar surface area (TPSA) is 42.0 Å². The summed E-state index contributed by atoms with van der Waals surface area (Å²) >= 11 is 0. The molecule has 20 heavy (non-hydrogen) atoms. The third kappa shape index (κ3) is 3.02. The second-order valence-electron chi connectivity index (χ2n) is 4.46. The average molecular weight is 272 g/mol. The van der Waals surface area contributed by atoms with Crippen LogP contribution in [0.1, 0.15) is 35.5 Å². The number of halogens is 1. The Bertz CT molecular complexity index is 603. The number of nitrogens with zero attached hydrogens (tertiary/aromatic N) is 1. The molecule has 3 nitrogen and oxygen atoms in total. The van der Waals surface area contributed by atoms with Crippen molar-refractivity contribution in [2.24, 2.45) is 0 Å². The maximum absolute atomic E-state index is 13.1. The summed E-state index contributed by atoms with van der Waals surface area (Å²) in [6.45, 7) is 4.07. The van der Waals surface area contributed by atoms with Crippen LogP contribution < -0.4 is 5.32 Å². The van der Waals surface area contributed by atoms with Gasteiger partial charge >= 0.3 is 0 Å². The number of benzene rings is 1. The fraction of sp³-hybridized carbons (Fsp3) is 0.250. The lowest BCUT2D eigenvalue weighted by Gasteiger charge is -2.14. The van der Waals surface area contributed by atoms with E-state index in [0.717, 1.165) is 29.7 Å². The van der Waals surface area contributed by atoms with Crippen LogP contribution in [0.4, 0.5) is 10.1 Å². The van der Waals surface area contributed by atoms with Crippen molar-refractivity contribution in [3.05, 3.63) is 59.2 Å². The lowest BCUT2D eigenvalue weighted by molar-refractivity contribution is 0.102. The molecular weight excluding hydrogens is 255 g/mol. The summed E-state index contributed by atoms with van der Waals surface area (Å²) in [5.74, 6) is -1.04. The van der Waals surface area contributed by atoms with Gasteiger partial charge in [-0.05, 0) is 36.1 Å². The molecule has 1 N–H and O–H groups in total. The van der Waals surface area contributed by atoms with Crippen molar-refractivity contribution in [3.63, 3.8) is 0 Å². The second kappa shape index (κ2) is 6.28. The Morgan fingerprint density at radius 1 is 1.10 bits per heavy atom. The van der Waals surface area contributed by atoms with Gasteiger partial charge in [-0.25, -0.2) is 4.98 Å². The van der Waals surface area contributed by atoms with Crippen molar-refractivity contribution >= 4 is 11.6 Å². The highest BCUT2D eigenvalue weighted by molar-refractivity contribution is 6.03. The van der Waals surface area contributed by atoms with Crippen molar-refractivity contribution in [1.29, 1.82) is 0 Å². The van der Waals surface area contributed by atoms with Gasteiger partial charge in [-0.15, -0.1) is 0 Å². The monoisotopic (exact) mass is 272 g/mol. The van der Waals surface area contributed by atoms with Crippen LogP contribution in [0.3, 0.4) is 0 Å². The molecule has 0 spiro atoms. The largest absolute Gasteiger partial charge is 0.320 e. The van der Waals surface area contributed by atoms with Crippen molar-refractivity contribution in [3.8, 4) is 0 Å². The first kappa shape index (κ1) is 14.2. The Morgan fingerprint density at radius 3 is 2.25 bits per heavy atom. The summed E-state index contributed by atoms with van der Waals surface area (Å²) in [6, 6.07) is 10.1. The van der Waals surface area contributed by atoms with E-state index in [4.69, 9.17) is 0 Å². The summed E-state index contributed by atoms with van der Waals surface area (Å²) in [5, 5.41) is 2.86. The Labute approximate surface area is 117 Å². The number of aryl methyl sites for hydroxylation is 2. The lowest BCUT2D eigenvalue weighted by Crippen LogP contribution is -2.16. The molecule has 1 heterocycles. The van der Waals surface area contributed by atoms with Crippen LogP contribution in [0.5, 0.6) is 0 Å². The lowest BCUT2D eigenvalue weighted by atomic mass is 10.0. The predicted octanol–water partition coefficient (Wildman–Crippen LogP) is 3.60. The van der Waals surface area contributed by atoms with Gasteiger partial charge in [0.05, 0.1) is 0 Å². The molecule has 0 saturated heterocycles. The number of carbonyl (C=O) groups excluding carboxylic acids is 1. The smallest absolute Gasteiger partial charge is 0.274 e. The molecule has 0 radical (unpaired) electrons. The maximum atomic E-state index is 13.1. The molecular formula is C16H17FN2O. The zero-order valence-electron chi connectivity index (χ0n) is 11.6. The highest BCUT2D eigenvalue weighted by Gasteiger charge is 2.13. The van der Waals surface area contributed by atoms with E-state index in [1.54, 1.807) is 0 Å². The summed E-state index contributed by atoms with van der Waals surface area (Å²) in [7, 11) is 0. The molecule has 0 fully saturated rings. The first-order valence-electron chi connectivity index (χ1n) is 6.70. The molecule has 0 aliphatic carbocycles. The summed E-state index contributed by atoms with van der Waals surface area (Å²) < 4.78 is 13.1. The zero-order valence-corrected chi connectivity index (χ0v) is 11.6. The maximum Gasteiger partial charge on any atom is 0.274 e. The van der Waals surface area contributed by atoms with Crippen LogP contribution in [0.15, 0.2) is 36.4 Å². The summed E-state index contributed by atoms with van der Waals surface area (Å²) in [5.41, 5.74) is 3.02. The summed E-state index contributed by atoms with van der Waals surface area (Å²) in [4.78, 5) is 15.8. The molecule has 0 aliphatic heterocycles. The average Bonchev–Trinajstić information content (AvgIpc) is 2.47. The molecule has 2 aromatic rings. The van der Waals surface area contributed by atoms with Crippen molar-refractivity contribution in [1.82, 2.24) is 4.98 Å². The molecule has 0 saturated carbocycles. The molecule has 0 aliphatic rings. The zero-order chi connectivity index (χ0) is 14.5. The quantitative estimate of drug-likeness (QED) is 0.864. The fourth-order valence-electron chi connectivity index (χ4n) is 2.12. The first-order valence-corrected chi connectivity index (χ1v) is 6.70. The number of para-hydroxylation sites is 1. The number of amides is 1. The van der Waals surface area contributed by atoms with Gasteiger partial charge < -0.3 is 5.32 Å². The molecule has 1 amide bonds. The number of hydrogen-bond acceptors (Lipinski definition) is 2. The number of pyridine rings is 1. The van der Waals surface area contributed by atoms with Gasteiger partial charge in [-0.1, -0.05) is 38.1 Å². The van der Waals surface area contributed by atoms with Crippen LogP contribution in [-0.4, -0.2) is 10.9 Å². The van der Waals surface area contributed by atoms with Gasteiger partial charge in [0.25, 0.3) is 5.91 Å². The molecule has 4 heteroatoms. The highest BCUT2D eigenvalue weighted by Crippen LogP contribution is 2.23. The molecule has 0 unspecified atom stereocenters. The standard InChI is InChI=1S/C16H17FN2O/c1-3-11-7-5-8-12(4-2)15(11)19-16(20)13-9-6-10-14(17)18-13/h5-10H,3-4H2,1-2H3,(H,19,20). The molecule has 104 valence electrons. The fourth-order valence-corrected chi connectivity index (χ4v) is 2.12. The van der Waals surface area contributed by atoms with E-state index in [1.165, 1.54) is 18.2 Å². The van der Waals surface area contributed by atoms with Crippen molar-refractivity contribution in [2.45, 2.75) is 26.7 Å². The number of aromatic nitrogens is 1. The Balaban J connectivity index is 2.32. The molecule has 2 rings (SSSR count). The van der Waals surface area contributed by atoms with Crippen LogP contribution >= 0.6 is 0 Å². The Kier molecular flexibility index (Phi) is 4.45. The second-order valence-corrected chi connectivity index (χ2v) is 4.46. The Morgan fingerprint density at radius 2 is 1.70 bits per heavy atom. The van der Waals surface area contributed by atoms with Gasteiger partial charge in [0, 0.05) is 5.69 Å². The van der Waals surface area contributed by atoms with E-state index in [-0.39, 0.29) is 11.6 Å². The highest BCUT2D eigenvalue weighted by atomic mass is 19.1. The van der Waals surface area contributed by atoms with Crippen LogP contribution in [0.25, 0.3) is 0 Å². The minimum atomic E-state index is -0.655. The van der Waals surface area contributed by atoms with Crippen molar-refractivity contribution in [2.75, 3.05) is 5.32 Å².